The van der Waals surface area contributed by atoms with Gasteiger partial charge in [0.1, 0.15) is 16.9 Å². The highest BCUT2D eigenvalue weighted by Gasteiger charge is 2.12. The van der Waals surface area contributed by atoms with E-state index in [9.17, 15) is 4.79 Å². The molecule has 2 rings (SSSR count). The summed E-state index contributed by atoms with van der Waals surface area (Å²) in [5.41, 5.74) is 3.61. The van der Waals surface area contributed by atoms with Crippen molar-refractivity contribution in [2.45, 2.75) is 57.1 Å². The number of hydroxylamine groups is 1. The number of aromatic nitrogens is 4. The molecule has 2 aromatic heterocycles. The van der Waals surface area contributed by atoms with E-state index in [1.54, 1.807) is 24.4 Å². The molecule has 0 saturated carbocycles. The van der Waals surface area contributed by atoms with Crippen molar-refractivity contribution in [2.24, 2.45) is 0 Å². The van der Waals surface area contributed by atoms with Crippen LogP contribution in [0.15, 0.2) is 17.7 Å². The number of aromatic amines is 1. The number of hydrogen-bond donors (Lipinski definition) is 3. The lowest BCUT2D eigenvalue weighted by Gasteiger charge is -2.19. The molecule has 0 aliphatic heterocycles. The molecule has 138 valence electrons. The zero-order valence-corrected chi connectivity index (χ0v) is 15.8. The van der Waals surface area contributed by atoms with Crippen LogP contribution in [0.1, 0.15) is 46.5 Å². The Morgan fingerprint density at radius 1 is 1.20 bits per heavy atom. The average Bonchev–Trinajstić information content (AvgIpc) is 3.04. The summed E-state index contributed by atoms with van der Waals surface area (Å²) in [5.74, 6) is 0.998. The van der Waals surface area contributed by atoms with Crippen LogP contribution in [0.4, 0.5) is 4.79 Å². The average molecular weight is 366 g/mol. The number of thioether (sulfide) groups is 1. The predicted molar refractivity (Wildman–Crippen MR) is 98.2 cm³/mol. The van der Waals surface area contributed by atoms with Gasteiger partial charge in [-0.2, -0.15) is 0 Å². The molecule has 0 fully saturated rings. The molecule has 9 heteroatoms. The molecular formula is C16H26N6O2S. The molecule has 0 spiro atoms. The lowest BCUT2D eigenvalue weighted by Crippen LogP contribution is -2.40. The molecule has 0 saturated heterocycles. The Bertz CT molecular complexity index is 670. The number of hydrogen-bond acceptors (Lipinski definition) is 6. The van der Waals surface area contributed by atoms with Crippen molar-refractivity contribution in [2.75, 3.05) is 12.3 Å². The summed E-state index contributed by atoms with van der Waals surface area (Å²) in [7, 11) is 0. The maximum atomic E-state index is 11.5. The minimum atomic E-state index is -0.388. The Labute approximate surface area is 151 Å². The second kappa shape index (κ2) is 9.57. The van der Waals surface area contributed by atoms with Crippen LogP contribution in [0.2, 0.25) is 0 Å². The van der Waals surface area contributed by atoms with E-state index in [2.05, 4.69) is 30.7 Å². The monoisotopic (exact) mass is 366 g/mol. The minimum Gasteiger partial charge on any atom is -0.341 e. The van der Waals surface area contributed by atoms with Crippen LogP contribution in [0, 0.1) is 0 Å². The van der Waals surface area contributed by atoms with Crippen LogP contribution in [-0.4, -0.2) is 43.9 Å². The van der Waals surface area contributed by atoms with Crippen LogP contribution >= 0.6 is 11.8 Å². The molecule has 0 aliphatic rings. The summed E-state index contributed by atoms with van der Waals surface area (Å²) in [6.45, 7) is 6.28. The molecule has 3 N–H and O–H groups in total. The third kappa shape index (κ3) is 7.27. The first-order chi connectivity index (χ1) is 12.0. The van der Waals surface area contributed by atoms with Crippen molar-refractivity contribution in [3.8, 4) is 0 Å². The van der Waals surface area contributed by atoms with Crippen LogP contribution in [0.3, 0.4) is 0 Å². The molecule has 0 aromatic carbocycles. The number of nitrogens with zero attached hydrogens (tertiary/aromatic N) is 3. The molecule has 2 heterocycles. The van der Waals surface area contributed by atoms with Gasteiger partial charge in [-0.15, -0.1) is 11.8 Å². The Kier molecular flexibility index (Phi) is 7.45. The summed E-state index contributed by atoms with van der Waals surface area (Å²) in [5, 5.41) is 3.73. The smallest absolute Gasteiger partial charge is 0.338 e. The SMILES string of the molecule is CC(C)(C)ONC(=O)NCCCCCCSc1ncnc2nc[nH]c12. The zero-order chi connectivity index (χ0) is 18.1. The summed E-state index contributed by atoms with van der Waals surface area (Å²) >= 11 is 1.71. The number of H-pyrrole nitrogens is 1. The molecule has 0 unspecified atom stereocenters. The van der Waals surface area contributed by atoms with E-state index in [0.29, 0.717) is 12.2 Å². The standard InChI is InChI=1S/C16H26N6O2S/c1-16(2,3)24-22-15(23)17-8-6-4-5-7-9-25-14-12-13(19-10-18-12)20-11-21-14/h10-11H,4-9H2,1-3H3,(H2,17,22,23)(H,18,19,20,21). The van der Waals surface area contributed by atoms with Crippen molar-refractivity contribution in [1.29, 1.82) is 0 Å². The van der Waals surface area contributed by atoms with Gasteiger partial charge in [-0.3, -0.25) is 4.84 Å². The maximum Gasteiger partial charge on any atom is 0.338 e. The van der Waals surface area contributed by atoms with Gasteiger partial charge in [-0.25, -0.2) is 25.2 Å². The van der Waals surface area contributed by atoms with E-state index in [1.165, 1.54) is 0 Å². The number of unbranched alkanes of at least 4 members (excludes halogenated alkanes) is 3. The fourth-order valence-electron chi connectivity index (χ4n) is 2.04. The molecule has 0 bridgehead atoms. The second-order valence-corrected chi connectivity index (χ2v) is 7.70. The first-order valence-corrected chi connectivity index (χ1v) is 9.43. The maximum absolute atomic E-state index is 11.5. The topological polar surface area (TPSA) is 105 Å². The van der Waals surface area contributed by atoms with Gasteiger partial charge in [0, 0.05) is 6.54 Å². The highest BCUT2D eigenvalue weighted by molar-refractivity contribution is 7.99. The van der Waals surface area contributed by atoms with Gasteiger partial charge in [-0.05, 0) is 39.4 Å². The number of carbonyl (C=O) groups is 1. The van der Waals surface area contributed by atoms with Crippen molar-refractivity contribution in [1.82, 2.24) is 30.7 Å². The Morgan fingerprint density at radius 2 is 2.00 bits per heavy atom. The predicted octanol–water partition coefficient (Wildman–Crippen LogP) is 3.03. The van der Waals surface area contributed by atoms with Crippen molar-refractivity contribution < 1.29 is 9.63 Å². The van der Waals surface area contributed by atoms with E-state index in [0.717, 1.165) is 42.0 Å². The van der Waals surface area contributed by atoms with Crippen LogP contribution in [-0.2, 0) is 4.84 Å². The van der Waals surface area contributed by atoms with Gasteiger partial charge in [0.25, 0.3) is 0 Å². The molecule has 0 atom stereocenters. The largest absolute Gasteiger partial charge is 0.341 e. The van der Waals surface area contributed by atoms with Gasteiger partial charge in [0.15, 0.2) is 5.65 Å². The second-order valence-electron chi connectivity index (χ2n) is 6.62. The number of rotatable bonds is 9. The van der Waals surface area contributed by atoms with Crippen molar-refractivity contribution >= 4 is 29.0 Å². The third-order valence-electron chi connectivity index (χ3n) is 3.23. The Hall–Kier alpha value is -1.87. The highest BCUT2D eigenvalue weighted by atomic mass is 32.2. The van der Waals surface area contributed by atoms with E-state index in [4.69, 9.17) is 4.84 Å². The summed E-state index contributed by atoms with van der Waals surface area (Å²) in [4.78, 5) is 32.3. The molecule has 8 nitrogen and oxygen atoms in total. The fraction of sp³-hybridized carbons (Fsp3) is 0.625. The number of imidazole rings is 1. The van der Waals surface area contributed by atoms with E-state index in [-0.39, 0.29) is 11.6 Å². The van der Waals surface area contributed by atoms with Gasteiger partial charge in [-0.1, -0.05) is 12.8 Å². The quantitative estimate of drug-likeness (QED) is 0.273. The van der Waals surface area contributed by atoms with Gasteiger partial charge < -0.3 is 10.3 Å². The van der Waals surface area contributed by atoms with Crippen molar-refractivity contribution in [3.63, 3.8) is 0 Å². The number of amides is 2. The first kappa shape index (κ1) is 19.5. The molecular weight excluding hydrogens is 340 g/mol. The van der Waals surface area contributed by atoms with Gasteiger partial charge in [0.05, 0.1) is 11.9 Å². The molecule has 2 aromatic rings. The summed E-state index contributed by atoms with van der Waals surface area (Å²) in [6.07, 6.45) is 7.43. The minimum absolute atomic E-state index is 0.294. The Morgan fingerprint density at radius 3 is 2.80 bits per heavy atom. The molecule has 0 aliphatic carbocycles. The van der Waals surface area contributed by atoms with E-state index >= 15 is 0 Å². The summed E-state index contributed by atoms with van der Waals surface area (Å²) < 4.78 is 0. The lowest BCUT2D eigenvalue weighted by molar-refractivity contribution is -0.0528. The van der Waals surface area contributed by atoms with Crippen LogP contribution in [0.5, 0.6) is 0 Å². The normalized spacial score (nSPS) is 11.6. The lowest BCUT2D eigenvalue weighted by atomic mass is 10.2. The molecule has 0 radical (unpaired) electrons. The number of nitrogens with one attached hydrogen (secondary N) is 3. The summed E-state index contributed by atoms with van der Waals surface area (Å²) in [6, 6.07) is -0.294. The van der Waals surface area contributed by atoms with Crippen LogP contribution < -0.4 is 10.8 Å². The number of carbonyl (C=O) groups excluding carboxylic acids is 1. The van der Waals surface area contributed by atoms with Gasteiger partial charge in [0.2, 0.25) is 0 Å². The highest BCUT2D eigenvalue weighted by Crippen LogP contribution is 2.22. The number of fused-ring (bicyclic) bond motifs is 1. The van der Waals surface area contributed by atoms with E-state index in [1.807, 2.05) is 20.8 Å². The van der Waals surface area contributed by atoms with Gasteiger partial charge >= 0.3 is 6.03 Å². The zero-order valence-electron chi connectivity index (χ0n) is 15.0. The fourth-order valence-corrected chi connectivity index (χ4v) is 3.00. The molecule has 2 amide bonds. The molecule has 25 heavy (non-hydrogen) atoms. The third-order valence-corrected chi connectivity index (χ3v) is 4.31. The van der Waals surface area contributed by atoms with E-state index < -0.39 is 0 Å². The van der Waals surface area contributed by atoms with Crippen LogP contribution in [0.25, 0.3) is 11.2 Å². The first-order valence-electron chi connectivity index (χ1n) is 8.44. The Balaban J connectivity index is 1.50. The number of urea groups is 1. The van der Waals surface area contributed by atoms with Crippen molar-refractivity contribution in [3.05, 3.63) is 12.7 Å².